The molecular weight excluding hydrogens is 287 g/mol. The van der Waals surface area contributed by atoms with Crippen molar-refractivity contribution in [1.29, 1.82) is 0 Å². The van der Waals surface area contributed by atoms with Crippen molar-refractivity contribution in [2.24, 2.45) is 5.73 Å². The van der Waals surface area contributed by atoms with Crippen LogP contribution in [0.15, 0.2) is 24.3 Å². The third-order valence-corrected chi connectivity index (χ3v) is 2.82. The average Bonchev–Trinajstić information content (AvgIpc) is 2.37. The van der Waals surface area contributed by atoms with Crippen molar-refractivity contribution in [3.05, 3.63) is 35.4 Å². The molecule has 116 valence electrons. The van der Waals surface area contributed by atoms with Gasteiger partial charge in [0.1, 0.15) is 6.04 Å². The largest absolute Gasteiger partial charge is 0.416 e. The molecule has 21 heavy (non-hydrogen) atoms. The van der Waals surface area contributed by atoms with Crippen molar-refractivity contribution < 1.29 is 22.8 Å². The molecule has 0 bridgehead atoms. The van der Waals surface area contributed by atoms with E-state index in [1.54, 1.807) is 6.92 Å². The summed E-state index contributed by atoms with van der Waals surface area (Å²) in [6.45, 7) is 2.96. The molecule has 5 nitrogen and oxygen atoms in total. The summed E-state index contributed by atoms with van der Waals surface area (Å²) in [5.74, 6) is -0.543. The van der Waals surface area contributed by atoms with Crippen LogP contribution in [0.5, 0.6) is 0 Å². The maximum absolute atomic E-state index is 12.6. The highest BCUT2D eigenvalue weighted by atomic mass is 19.4. The Bertz CT molecular complexity index is 532. The highest BCUT2D eigenvalue weighted by Gasteiger charge is 2.30. The number of alkyl halides is 3. The van der Waals surface area contributed by atoms with E-state index in [2.05, 4.69) is 10.6 Å². The van der Waals surface area contributed by atoms with E-state index in [0.29, 0.717) is 5.56 Å². The van der Waals surface area contributed by atoms with Crippen molar-refractivity contribution in [3.63, 3.8) is 0 Å². The Morgan fingerprint density at radius 1 is 1.19 bits per heavy atom. The molecule has 1 aromatic rings. The maximum atomic E-state index is 12.6. The Labute approximate surface area is 119 Å². The number of rotatable bonds is 4. The fourth-order valence-electron chi connectivity index (χ4n) is 1.68. The van der Waals surface area contributed by atoms with E-state index >= 15 is 0 Å². The van der Waals surface area contributed by atoms with Gasteiger partial charge in [-0.2, -0.15) is 13.2 Å². The standard InChI is InChI=1S/C13H16F3N3O2/c1-7(18-11(20)8(2)19-12(17)21)9-4-3-5-10(6-9)13(14,15)16/h3-8H,1-2H3,(H,18,20)(H3,17,19,21). The molecule has 0 spiro atoms. The average molecular weight is 303 g/mol. The minimum absolute atomic E-state index is 0.310. The van der Waals surface area contributed by atoms with Gasteiger partial charge in [0.15, 0.2) is 0 Å². The van der Waals surface area contributed by atoms with Gasteiger partial charge in [-0.1, -0.05) is 12.1 Å². The van der Waals surface area contributed by atoms with Crippen LogP contribution in [-0.4, -0.2) is 18.0 Å². The Balaban J connectivity index is 2.78. The second-order valence-corrected chi connectivity index (χ2v) is 4.58. The second-order valence-electron chi connectivity index (χ2n) is 4.58. The molecule has 2 atom stereocenters. The Hall–Kier alpha value is -2.25. The third kappa shape index (κ3) is 4.97. The molecule has 1 rings (SSSR count). The molecule has 0 saturated carbocycles. The van der Waals surface area contributed by atoms with Gasteiger partial charge >= 0.3 is 12.2 Å². The number of nitrogens with two attached hydrogens (primary N) is 1. The fraction of sp³-hybridized carbons (Fsp3) is 0.385. The second kappa shape index (κ2) is 6.47. The van der Waals surface area contributed by atoms with Crippen molar-refractivity contribution in [2.75, 3.05) is 0 Å². The normalized spacial score (nSPS) is 14.1. The van der Waals surface area contributed by atoms with Crippen LogP contribution >= 0.6 is 0 Å². The third-order valence-electron chi connectivity index (χ3n) is 2.82. The van der Waals surface area contributed by atoms with Crippen LogP contribution in [0.2, 0.25) is 0 Å². The topological polar surface area (TPSA) is 84.2 Å². The minimum Gasteiger partial charge on any atom is -0.352 e. The zero-order chi connectivity index (χ0) is 16.2. The molecule has 0 saturated heterocycles. The van der Waals surface area contributed by atoms with E-state index in [4.69, 9.17) is 5.73 Å². The summed E-state index contributed by atoms with van der Waals surface area (Å²) in [5.41, 5.74) is 4.41. The first-order chi connectivity index (χ1) is 9.61. The lowest BCUT2D eigenvalue weighted by Gasteiger charge is -2.19. The lowest BCUT2D eigenvalue weighted by molar-refractivity contribution is -0.137. The first kappa shape index (κ1) is 16.8. The highest BCUT2D eigenvalue weighted by Crippen LogP contribution is 2.30. The van der Waals surface area contributed by atoms with Gasteiger partial charge in [-0.3, -0.25) is 4.79 Å². The molecule has 3 amide bonds. The molecule has 1 aromatic carbocycles. The number of carbonyl (C=O) groups excluding carboxylic acids is 2. The molecule has 0 aliphatic rings. The molecule has 0 heterocycles. The number of nitrogens with one attached hydrogen (secondary N) is 2. The zero-order valence-electron chi connectivity index (χ0n) is 11.5. The summed E-state index contributed by atoms with van der Waals surface area (Å²) < 4.78 is 37.9. The Morgan fingerprint density at radius 2 is 1.81 bits per heavy atom. The van der Waals surface area contributed by atoms with E-state index in [9.17, 15) is 22.8 Å². The quantitative estimate of drug-likeness (QED) is 0.794. The molecule has 0 aliphatic heterocycles. The van der Waals surface area contributed by atoms with Gasteiger partial charge in [0.25, 0.3) is 0 Å². The lowest BCUT2D eigenvalue weighted by atomic mass is 10.0. The van der Waals surface area contributed by atoms with Crippen molar-refractivity contribution in [1.82, 2.24) is 10.6 Å². The van der Waals surface area contributed by atoms with Crippen LogP contribution < -0.4 is 16.4 Å². The number of hydrogen-bond acceptors (Lipinski definition) is 2. The molecular formula is C13H16F3N3O2. The van der Waals surface area contributed by atoms with Gasteiger partial charge in [-0.25, -0.2) is 4.79 Å². The van der Waals surface area contributed by atoms with E-state index in [1.165, 1.54) is 19.1 Å². The molecule has 0 aromatic heterocycles. The summed E-state index contributed by atoms with van der Waals surface area (Å²) in [4.78, 5) is 22.4. The smallest absolute Gasteiger partial charge is 0.352 e. The van der Waals surface area contributed by atoms with Crippen molar-refractivity contribution in [3.8, 4) is 0 Å². The van der Waals surface area contributed by atoms with Gasteiger partial charge in [0.2, 0.25) is 5.91 Å². The number of halogens is 3. The SMILES string of the molecule is CC(NC(N)=O)C(=O)NC(C)c1cccc(C(F)(F)F)c1. The van der Waals surface area contributed by atoms with Crippen molar-refractivity contribution >= 4 is 11.9 Å². The Morgan fingerprint density at radius 3 is 2.33 bits per heavy atom. The monoisotopic (exact) mass is 303 g/mol. The van der Waals surface area contributed by atoms with Crippen LogP contribution in [0.3, 0.4) is 0 Å². The van der Waals surface area contributed by atoms with E-state index in [1.807, 2.05) is 0 Å². The number of urea groups is 1. The van der Waals surface area contributed by atoms with Crippen LogP contribution in [0.1, 0.15) is 31.0 Å². The number of carbonyl (C=O) groups is 2. The first-order valence-electron chi connectivity index (χ1n) is 6.14. The molecule has 4 N–H and O–H groups in total. The summed E-state index contributed by atoms with van der Waals surface area (Å²) in [5, 5.41) is 4.69. The summed E-state index contributed by atoms with van der Waals surface area (Å²) in [6.07, 6.45) is -4.44. The highest BCUT2D eigenvalue weighted by molar-refractivity contribution is 5.86. The minimum atomic E-state index is -4.44. The number of amides is 3. The molecule has 0 radical (unpaired) electrons. The molecule has 2 unspecified atom stereocenters. The van der Waals surface area contributed by atoms with E-state index in [0.717, 1.165) is 12.1 Å². The van der Waals surface area contributed by atoms with E-state index in [-0.39, 0.29) is 0 Å². The number of benzene rings is 1. The van der Waals surface area contributed by atoms with Gasteiger partial charge < -0.3 is 16.4 Å². The van der Waals surface area contributed by atoms with Gasteiger partial charge in [-0.15, -0.1) is 0 Å². The first-order valence-corrected chi connectivity index (χ1v) is 6.14. The molecule has 0 fully saturated rings. The zero-order valence-corrected chi connectivity index (χ0v) is 11.5. The van der Waals surface area contributed by atoms with Gasteiger partial charge in [0, 0.05) is 0 Å². The van der Waals surface area contributed by atoms with Gasteiger partial charge in [-0.05, 0) is 31.5 Å². The van der Waals surface area contributed by atoms with Crippen LogP contribution in [-0.2, 0) is 11.0 Å². The van der Waals surface area contributed by atoms with Crippen LogP contribution in [0.25, 0.3) is 0 Å². The van der Waals surface area contributed by atoms with Gasteiger partial charge in [0.05, 0.1) is 11.6 Å². The predicted octanol–water partition coefficient (Wildman–Crippen LogP) is 1.94. The van der Waals surface area contributed by atoms with Crippen LogP contribution in [0, 0.1) is 0 Å². The van der Waals surface area contributed by atoms with Crippen molar-refractivity contribution in [2.45, 2.75) is 32.1 Å². The number of hydrogen-bond donors (Lipinski definition) is 3. The lowest BCUT2D eigenvalue weighted by Crippen LogP contribution is -2.47. The summed E-state index contributed by atoms with van der Waals surface area (Å²) >= 11 is 0. The molecule has 8 heteroatoms. The summed E-state index contributed by atoms with van der Waals surface area (Å²) in [7, 11) is 0. The number of primary amides is 1. The molecule has 0 aliphatic carbocycles. The maximum Gasteiger partial charge on any atom is 0.416 e. The van der Waals surface area contributed by atoms with E-state index < -0.39 is 35.8 Å². The van der Waals surface area contributed by atoms with Crippen LogP contribution in [0.4, 0.5) is 18.0 Å². The fourth-order valence-corrected chi connectivity index (χ4v) is 1.68. The Kier molecular flexibility index (Phi) is 5.17. The predicted molar refractivity (Wildman–Crippen MR) is 70.2 cm³/mol. The summed E-state index contributed by atoms with van der Waals surface area (Å²) in [6, 6.07) is 2.29.